The van der Waals surface area contributed by atoms with Crippen molar-refractivity contribution >= 4 is 23.4 Å². The molecule has 1 amide bonds. The minimum Gasteiger partial charge on any atom is -0.328 e. The van der Waals surface area contributed by atoms with Gasteiger partial charge >= 0.3 is 0 Å². The van der Waals surface area contributed by atoms with Crippen molar-refractivity contribution in [1.82, 2.24) is 29.5 Å². The van der Waals surface area contributed by atoms with Crippen molar-refractivity contribution in [2.24, 2.45) is 0 Å². The van der Waals surface area contributed by atoms with Gasteiger partial charge in [0.05, 0.1) is 21.9 Å². The number of benzene rings is 2. The van der Waals surface area contributed by atoms with E-state index in [9.17, 15) is 14.9 Å². The summed E-state index contributed by atoms with van der Waals surface area (Å²) < 4.78 is 3.35. The van der Waals surface area contributed by atoms with Crippen molar-refractivity contribution in [2.45, 2.75) is 19.9 Å². The molecular formula is C28H23N9O3. The maximum absolute atomic E-state index is 13.8. The van der Waals surface area contributed by atoms with Gasteiger partial charge in [-0.05, 0) is 49.7 Å². The summed E-state index contributed by atoms with van der Waals surface area (Å²) in [6.45, 7) is 3.72. The third-order valence-corrected chi connectivity index (χ3v) is 6.60. The standard InChI is InChI=1S/C28H23N9O3/c1-17-8-13-23(29-14-17)33-27(38)24-18(2)32-28-30-16-31-36(28)26(24)22-15-35(20-6-4-3-5-7-20)34-25(22)19-9-11-21(12-10-19)37(39)40/h3-16,26H,1-2H3,(H,29,33,38)(H,30,31,32). The number of fused-ring (bicyclic) bond motifs is 1. The van der Waals surface area contributed by atoms with Crippen LogP contribution in [0.1, 0.15) is 24.1 Å². The quantitative estimate of drug-likeness (QED) is 0.237. The lowest BCUT2D eigenvalue weighted by Gasteiger charge is -2.28. The summed E-state index contributed by atoms with van der Waals surface area (Å²) in [4.78, 5) is 33.3. The monoisotopic (exact) mass is 533 g/mol. The summed E-state index contributed by atoms with van der Waals surface area (Å²) in [5.74, 6) is 0.513. The number of nitro benzene ring substituents is 1. The number of hydrogen-bond acceptors (Lipinski definition) is 8. The van der Waals surface area contributed by atoms with Crippen LogP contribution in [0.3, 0.4) is 0 Å². The van der Waals surface area contributed by atoms with Gasteiger partial charge in [-0.1, -0.05) is 24.3 Å². The van der Waals surface area contributed by atoms with E-state index in [2.05, 4.69) is 25.7 Å². The minimum atomic E-state index is -0.716. The Morgan fingerprint density at radius 1 is 1.02 bits per heavy atom. The highest BCUT2D eigenvalue weighted by atomic mass is 16.6. The number of non-ortho nitro benzene ring substituents is 1. The Morgan fingerprint density at radius 2 is 1.80 bits per heavy atom. The van der Waals surface area contributed by atoms with Crippen LogP contribution in [0.25, 0.3) is 16.9 Å². The van der Waals surface area contributed by atoms with Crippen molar-refractivity contribution < 1.29 is 9.72 Å². The number of carbonyl (C=O) groups is 1. The van der Waals surface area contributed by atoms with Crippen LogP contribution in [0.4, 0.5) is 17.5 Å². The first-order valence-corrected chi connectivity index (χ1v) is 12.4. The fourth-order valence-corrected chi connectivity index (χ4v) is 4.66. The van der Waals surface area contributed by atoms with Gasteiger partial charge in [0.2, 0.25) is 5.95 Å². The molecule has 12 nitrogen and oxygen atoms in total. The summed E-state index contributed by atoms with van der Waals surface area (Å²) in [7, 11) is 0. The fourth-order valence-electron chi connectivity index (χ4n) is 4.66. The van der Waals surface area contributed by atoms with E-state index in [1.54, 1.807) is 40.7 Å². The number of rotatable bonds is 6. The molecule has 1 aliphatic rings. The molecule has 1 atom stereocenters. The van der Waals surface area contributed by atoms with Gasteiger partial charge in [-0.3, -0.25) is 14.9 Å². The van der Waals surface area contributed by atoms with Gasteiger partial charge in [-0.15, -0.1) is 0 Å². The zero-order chi connectivity index (χ0) is 27.8. The first-order valence-electron chi connectivity index (χ1n) is 12.4. The van der Waals surface area contributed by atoms with Gasteiger partial charge < -0.3 is 10.6 Å². The molecule has 12 heteroatoms. The van der Waals surface area contributed by atoms with Gasteiger partial charge in [0, 0.05) is 41.4 Å². The molecule has 0 radical (unpaired) electrons. The second-order valence-corrected chi connectivity index (χ2v) is 9.29. The number of anilines is 2. The lowest BCUT2D eigenvalue weighted by Crippen LogP contribution is -2.31. The van der Waals surface area contributed by atoms with Gasteiger partial charge in [0.25, 0.3) is 11.6 Å². The summed E-state index contributed by atoms with van der Waals surface area (Å²) in [6, 6.07) is 18.6. The van der Waals surface area contributed by atoms with E-state index in [-0.39, 0.29) is 11.6 Å². The molecule has 2 aromatic carbocycles. The van der Waals surface area contributed by atoms with E-state index in [0.717, 1.165) is 11.3 Å². The van der Waals surface area contributed by atoms with E-state index in [0.29, 0.717) is 39.9 Å². The number of nitrogens with zero attached hydrogens (tertiary/aromatic N) is 7. The second-order valence-electron chi connectivity index (χ2n) is 9.29. The van der Waals surface area contributed by atoms with Crippen molar-refractivity contribution in [2.75, 3.05) is 10.6 Å². The largest absolute Gasteiger partial charge is 0.328 e. The lowest BCUT2D eigenvalue weighted by molar-refractivity contribution is -0.384. The van der Waals surface area contributed by atoms with Gasteiger partial charge in [0.15, 0.2) is 0 Å². The van der Waals surface area contributed by atoms with Crippen molar-refractivity contribution in [3.05, 3.63) is 118 Å². The van der Waals surface area contributed by atoms with E-state index < -0.39 is 11.0 Å². The average molecular weight is 534 g/mol. The van der Waals surface area contributed by atoms with Crippen molar-refractivity contribution in [3.8, 4) is 16.9 Å². The van der Waals surface area contributed by atoms with E-state index >= 15 is 0 Å². The summed E-state index contributed by atoms with van der Waals surface area (Å²) in [6.07, 6.45) is 4.94. The number of hydrogen-bond donors (Lipinski definition) is 2. The summed E-state index contributed by atoms with van der Waals surface area (Å²) in [5.41, 5.74) is 4.58. The lowest BCUT2D eigenvalue weighted by atomic mass is 9.93. The number of allylic oxidation sites excluding steroid dienone is 1. The predicted molar refractivity (Wildman–Crippen MR) is 148 cm³/mol. The summed E-state index contributed by atoms with van der Waals surface area (Å²) >= 11 is 0. The van der Waals surface area contributed by atoms with Crippen molar-refractivity contribution in [1.29, 1.82) is 0 Å². The van der Waals surface area contributed by atoms with Crippen LogP contribution in [0, 0.1) is 17.0 Å². The highest BCUT2D eigenvalue weighted by Crippen LogP contribution is 2.40. The normalized spacial score (nSPS) is 14.4. The Morgan fingerprint density at radius 3 is 2.50 bits per heavy atom. The molecule has 5 aromatic rings. The first kappa shape index (κ1) is 24.7. The second kappa shape index (κ2) is 9.91. The average Bonchev–Trinajstić information content (AvgIpc) is 3.61. The minimum absolute atomic E-state index is 0.0328. The molecule has 1 unspecified atom stereocenters. The molecule has 3 aromatic heterocycles. The third-order valence-electron chi connectivity index (χ3n) is 6.60. The molecule has 40 heavy (non-hydrogen) atoms. The molecule has 6 rings (SSSR count). The maximum Gasteiger partial charge on any atom is 0.269 e. The number of nitro groups is 1. The highest BCUT2D eigenvalue weighted by molar-refractivity contribution is 6.05. The molecule has 198 valence electrons. The number of pyridine rings is 1. The number of carbonyl (C=O) groups excluding carboxylic acids is 1. The predicted octanol–water partition coefficient (Wildman–Crippen LogP) is 4.67. The molecule has 2 N–H and O–H groups in total. The number of aromatic nitrogens is 6. The zero-order valence-corrected chi connectivity index (χ0v) is 21.5. The Kier molecular flexibility index (Phi) is 6.11. The Hall–Kier alpha value is -5.65. The Labute approximate surface area is 228 Å². The third kappa shape index (κ3) is 4.47. The molecule has 0 aliphatic carbocycles. The number of para-hydroxylation sites is 1. The van der Waals surface area contributed by atoms with E-state index in [4.69, 9.17) is 5.10 Å². The highest BCUT2D eigenvalue weighted by Gasteiger charge is 2.36. The number of aryl methyl sites for hydroxylation is 1. The zero-order valence-electron chi connectivity index (χ0n) is 21.5. The molecule has 0 bridgehead atoms. The van der Waals surface area contributed by atoms with Crippen LogP contribution in [-0.4, -0.2) is 40.4 Å². The van der Waals surface area contributed by atoms with Crippen LogP contribution in [0.5, 0.6) is 0 Å². The number of nitrogens with one attached hydrogen (secondary N) is 2. The van der Waals surface area contributed by atoms with Crippen LogP contribution < -0.4 is 10.6 Å². The smallest absolute Gasteiger partial charge is 0.269 e. The molecule has 1 aliphatic heterocycles. The maximum atomic E-state index is 13.8. The first-order chi connectivity index (χ1) is 19.4. The van der Waals surface area contributed by atoms with Crippen LogP contribution in [-0.2, 0) is 4.79 Å². The molecule has 0 fully saturated rings. The topological polar surface area (TPSA) is 146 Å². The van der Waals surface area contributed by atoms with Gasteiger partial charge in [-0.25, -0.2) is 14.3 Å². The van der Waals surface area contributed by atoms with Crippen LogP contribution in [0.15, 0.2) is 96.7 Å². The molecule has 0 saturated heterocycles. The van der Waals surface area contributed by atoms with Crippen molar-refractivity contribution in [3.63, 3.8) is 0 Å². The Bertz CT molecular complexity index is 1760. The molecule has 0 saturated carbocycles. The Balaban J connectivity index is 1.52. The SMILES string of the molecule is CC1=C(C(=O)Nc2ccc(C)cn2)C(c2cn(-c3ccccc3)nc2-c2ccc([N+](=O)[O-])cc2)n2ncnc2N1. The molecule has 0 spiro atoms. The van der Waals surface area contributed by atoms with Crippen LogP contribution >= 0.6 is 0 Å². The molecular weight excluding hydrogens is 510 g/mol. The van der Waals surface area contributed by atoms with E-state index in [1.165, 1.54) is 18.5 Å². The van der Waals surface area contributed by atoms with Gasteiger partial charge in [0.1, 0.15) is 18.2 Å². The number of amides is 1. The van der Waals surface area contributed by atoms with Gasteiger partial charge in [-0.2, -0.15) is 15.2 Å². The molecule has 4 heterocycles. The van der Waals surface area contributed by atoms with Crippen LogP contribution in [0.2, 0.25) is 0 Å². The van der Waals surface area contributed by atoms with E-state index in [1.807, 2.05) is 49.5 Å². The fraction of sp³-hybridized carbons (Fsp3) is 0.107. The summed E-state index contributed by atoms with van der Waals surface area (Å²) in [5, 5.41) is 26.7.